The summed E-state index contributed by atoms with van der Waals surface area (Å²) < 4.78 is 32.3. The molecule has 0 unspecified atom stereocenters. The van der Waals surface area contributed by atoms with E-state index in [0.29, 0.717) is 12.4 Å². The molecule has 7 nitrogen and oxygen atoms in total. The third kappa shape index (κ3) is 5.81. The normalized spacial score (nSPS) is 16.5. The van der Waals surface area contributed by atoms with E-state index in [4.69, 9.17) is 16.3 Å². The van der Waals surface area contributed by atoms with Crippen molar-refractivity contribution >= 4 is 27.5 Å². The summed E-state index contributed by atoms with van der Waals surface area (Å²) in [6, 6.07) is 4.43. The molecule has 1 N–H and O–H groups in total. The topological polar surface area (TPSA) is 79.0 Å². The summed E-state index contributed by atoms with van der Waals surface area (Å²) in [4.78, 5) is 14.6. The fraction of sp³-hybridized carbons (Fsp3) is 0.611. The van der Waals surface area contributed by atoms with E-state index in [2.05, 4.69) is 10.2 Å². The second-order valence-electron chi connectivity index (χ2n) is 6.60. The van der Waals surface area contributed by atoms with Gasteiger partial charge in [0.2, 0.25) is 15.9 Å². The molecule has 0 atom stereocenters. The van der Waals surface area contributed by atoms with Crippen LogP contribution >= 0.6 is 11.6 Å². The van der Waals surface area contributed by atoms with E-state index in [1.165, 1.54) is 18.2 Å². The number of benzene rings is 1. The lowest BCUT2D eigenvalue weighted by molar-refractivity contribution is -0.122. The predicted octanol–water partition coefficient (Wildman–Crippen LogP) is 1.96. The first-order chi connectivity index (χ1) is 12.8. The molecule has 1 aromatic rings. The van der Waals surface area contributed by atoms with Crippen LogP contribution in [0.25, 0.3) is 0 Å². The van der Waals surface area contributed by atoms with Crippen molar-refractivity contribution in [2.24, 2.45) is 0 Å². The van der Waals surface area contributed by atoms with Crippen LogP contribution in [0.5, 0.6) is 5.75 Å². The molecule has 1 fully saturated rings. The Labute approximate surface area is 166 Å². The summed E-state index contributed by atoms with van der Waals surface area (Å²) in [6.07, 6.45) is 1.74. The van der Waals surface area contributed by atoms with Crippen molar-refractivity contribution in [3.05, 3.63) is 23.2 Å². The Bertz CT molecular complexity index is 749. The molecule has 1 aliphatic heterocycles. The number of nitrogens with one attached hydrogen (secondary N) is 1. The van der Waals surface area contributed by atoms with Crippen molar-refractivity contribution in [2.75, 3.05) is 39.8 Å². The molecule has 27 heavy (non-hydrogen) atoms. The van der Waals surface area contributed by atoms with Crippen molar-refractivity contribution in [3.8, 4) is 5.75 Å². The molecule has 1 saturated heterocycles. The Hall–Kier alpha value is -1.35. The van der Waals surface area contributed by atoms with E-state index in [9.17, 15) is 13.2 Å². The molecule has 2 rings (SSSR count). The highest BCUT2D eigenvalue weighted by molar-refractivity contribution is 7.89. The molecule has 0 aliphatic carbocycles. The van der Waals surface area contributed by atoms with Crippen molar-refractivity contribution in [1.29, 1.82) is 0 Å². The van der Waals surface area contributed by atoms with Gasteiger partial charge in [-0.25, -0.2) is 8.42 Å². The molecule has 152 valence electrons. The molecule has 0 spiro atoms. The molecular formula is C18H28ClN3O4S. The Kier molecular flexibility index (Phi) is 7.91. The summed E-state index contributed by atoms with van der Waals surface area (Å²) in [5.74, 6) is 0.146. The number of halogens is 1. The standard InChI is InChI=1S/C18H28ClN3O4S/c1-4-22(13-18(23)20-14-8-10-21(3)11-9-14)27(24,25)15-6-7-17(26-5-2)16(19)12-15/h6-7,12,14H,4-5,8-11,13H2,1-3H3,(H,20,23). The Balaban J connectivity index is 2.06. The van der Waals surface area contributed by atoms with Gasteiger partial charge in [0.25, 0.3) is 0 Å². The first-order valence-electron chi connectivity index (χ1n) is 9.18. The SMILES string of the molecule is CCOc1ccc(S(=O)(=O)N(CC)CC(=O)NC2CCN(C)CC2)cc1Cl. The van der Waals surface area contributed by atoms with Gasteiger partial charge < -0.3 is 15.0 Å². The number of piperidine rings is 1. The van der Waals surface area contributed by atoms with Crippen molar-refractivity contribution < 1.29 is 17.9 Å². The zero-order chi connectivity index (χ0) is 20.0. The number of nitrogens with zero attached hydrogens (tertiary/aromatic N) is 2. The highest BCUT2D eigenvalue weighted by Crippen LogP contribution is 2.28. The zero-order valence-corrected chi connectivity index (χ0v) is 17.6. The maximum absolute atomic E-state index is 12.9. The Morgan fingerprint density at radius 2 is 2.00 bits per heavy atom. The molecular weight excluding hydrogens is 390 g/mol. The second kappa shape index (κ2) is 9.73. The summed E-state index contributed by atoms with van der Waals surface area (Å²) in [5, 5.41) is 3.17. The zero-order valence-electron chi connectivity index (χ0n) is 16.1. The van der Waals surface area contributed by atoms with Crippen molar-refractivity contribution in [2.45, 2.75) is 37.6 Å². The first-order valence-corrected chi connectivity index (χ1v) is 11.0. The highest BCUT2D eigenvalue weighted by atomic mass is 35.5. The smallest absolute Gasteiger partial charge is 0.243 e. The Morgan fingerprint density at radius 3 is 2.56 bits per heavy atom. The van der Waals surface area contributed by atoms with Crippen LogP contribution in [0, 0.1) is 0 Å². The van der Waals surface area contributed by atoms with Crippen LogP contribution in [0.3, 0.4) is 0 Å². The summed E-state index contributed by atoms with van der Waals surface area (Å²) in [5.41, 5.74) is 0. The van der Waals surface area contributed by atoms with E-state index in [1.807, 2.05) is 14.0 Å². The van der Waals surface area contributed by atoms with Crippen LogP contribution in [-0.2, 0) is 14.8 Å². The predicted molar refractivity (Wildman–Crippen MR) is 106 cm³/mol. The average Bonchev–Trinajstić information content (AvgIpc) is 2.63. The van der Waals surface area contributed by atoms with Gasteiger partial charge in [0.05, 0.1) is 23.1 Å². The number of ether oxygens (including phenoxy) is 1. The summed E-state index contributed by atoms with van der Waals surface area (Å²) in [7, 11) is -1.78. The Morgan fingerprint density at radius 1 is 1.33 bits per heavy atom. The fourth-order valence-electron chi connectivity index (χ4n) is 3.02. The third-order valence-electron chi connectivity index (χ3n) is 4.60. The van der Waals surface area contributed by atoms with E-state index in [-0.39, 0.29) is 35.0 Å². The van der Waals surface area contributed by atoms with Crippen LogP contribution < -0.4 is 10.1 Å². The lowest BCUT2D eigenvalue weighted by Gasteiger charge is -2.30. The van der Waals surface area contributed by atoms with E-state index in [1.54, 1.807) is 6.92 Å². The molecule has 0 radical (unpaired) electrons. The number of rotatable bonds is 8. The highest BCUT2D eigenvalue weighted by Gasteiger charge is 2.27. The van der Waals surface area contributed by atoms with Gasteiger partial charge in [0.1, 0.15) is 5.75 Å². The molecule has 1 aromatic carbocycles. The summed E-state index contributed by atoms with van der Waals surface area (Å²) >= 11 is 6.12. The van der Waals surface area contributed by atoms with Crippen molar-refractivity contribution in [1.82, 2.24) is 14.5 Å². The molecule has 1 amide bonds. The van der Waals surface area contributed by atoms with Gasteiger partial charge in [-0.3, -0.25) is 4.79 Å². The number of sulfonamides is 1. The largest absolute Gasteiger partial charge is 0.492 e. The maximum Gasteiger partial charge on any atom is 0.243 e. The van der Waals surface area contributed by atoms with Gasteiger partial charge >= 0.3 is 0 Å². The number of carbonyl (C=O) groups is 1. The maximum atomic E-state index is 12.9. The number of carbonyl (C=O) groups excluding carboxylic acids is 1. The molecule has 0 aromatic heterocycles. The third-order valence-corrected chi connectivity index (χ3v) is 6.81. The van der Waals surface area contributed by atoms with Gasteiger partial charge in [-0.1, -0.05) is 18.5 Å². The van der Waals surface area contributed by atoms with Crippen LogP contribution in [0.4, 0.5) is 0 Å². The molecule has 0 bridgehead atoms. The minimum absolute atomic E-state index is 0.0462. The molecule has 0 saturated carbocycles. The lowest BCUT2D eigenvalue weighted by Crippen LogP contribution is -2.47. The van der Waals surface area contributed by atoms with Gasteiger partial charge in [-0.05, 0) is 58.1 Å². The van der Waals surface area contributed by atoms with Gasteiger partial charge in [-0.15, -0.1) is 0 Å². The minimum atomic E-state index is -3.83. The van der Waals surface area contributed by atoms with Gasteiger partial charge in [0, 0.05) is 12.6 Å². The molecule has 1 aliphatic rings. The van der Waals surface area contributed by atoms with E-state index < -0.39 is 10.0 Å². The monoisotopic (exact) mass is 417 g/mol. The van der Waals surface area contributed by atoms with Crippen LogP contribution in [0.2, 0.25) is 5.02 Å². The number of hydrogen-bond acceptors (Lipinski definition) is 5. The first kappa shape index (κ1) is 21.9. The molecule has 9 heteroatoms. The molecule has 1 heterocycles. The number of amides is 1. The van der Waals surface area contributed by atoms with Crippen molar-refractivity contribution in [3.63, 3.8) is 0 Å². The number of likely N-dealkylation sites (tertiary alicyclic amines) is 1. The van der Waals surface area contributed by atoms with Gasteiger partial charge in [0.15, 0.2) is 0 Å². The second-order valence-corrected chi connectivity index (χ2v) is 8.95. The quantitative estimate of drug-likeness (QED) is 0.699. The lowest BCUT2D eigenvalue weighted by atomic mass is 10.1. The van der Waals surface area contributed by atoms with E-state index in [0.717, 1.165) is 30.2 Å². The minimum Gasteiger partial charge on any atom is -0.492 e. The van der Waals surface area contributed by atoms with Crippen LogP contribution in [0.15, 0.2) is 23.1 Å². The average molecular weight is 418 g/mol. The fourth-order valence-corrected chi connectivity index (χ4v) is 4.75. The van der Waals surface area contributed by atoms with Crippen LogP contribution in [0.1, 0.15) is 26.7 Å². The van der Waals surface area contributed by atoms with E-state index >= 15 is 0 Å². The van der Waals surface area contributed by atoms with Crippen LogP contribution in [-0.4, -0.2) is 69.4 Å². The number of hydrogen-bond donors (Lipinski definition) is 1. The summed E-state index contributed by atoms with van der Waals surface area (Å²) in [6.45, 7) is 5.78. The van der Waals surface area contributed by atoms with Gasteiger partial charge in [-0.2, -0.15) is 4.31 Å². The number of likely N-dealkylation sites (N-methyl/N-ethyl adjacent to an activating group) is 1.